The van der Waals surface area contributed by atoms with E-state index >= 15 is 0 Å². The molecule has 6 nitrogen and oxygen atoms in total. The normalized spacial score (nSPS) is 19.1. The molecule has 2 aliphatic rings. The van der Waals surface area contributed by atoms with E-state index in [1.807, 2.05) is 41.3 Å². The van der Waals surface area contributed by atoms with E-state index < -0.39 is 23.7 Å². The first-order chi connectivity index (χ1) is 20.0. The van der Waals surface area contributed by atoms with Gasteiger partial charge in [-0.1, -0.05) is 57.2 Å². The van der Waals surface area contributed by atoms with Gasteiger partial charge < -0.3 is 15.1 Å². The van der Waals surface area contributed by atoms with Crippen molar-refractivity contribution in [2.75, 3.05) is 25.0 Å². The number of amides is 3. The van der Waals surface area contributed by atoms with Gasteiger partial charge in [0.1, 0.15) is 5.82 Å². The highest BCUT2D eigenvalue weighted by Crippen LogP contribution is 2.39. The number of hydrogen-bond donors (Lipinski definition) is 1. The largest absolute Gasteiger partial charge is 0.339 e. The van der Waals surface area contributed by atoms with Gasteiger partial charge in [0, 0.05) is 30.9 Å². The van der Waals surface area contributed by atoms with E-state index in [1.54, 1.807) is 36.1 Å². The van der Waals surface area contributed by atoms with Crippen molar-refractivity contribution < 1.29 is 18.8 Å². The monoisotopic (exact) mass is 569 g/mol. The van der Waals surface area contributed by atoms with Crippen LogP contribution in [-0.2, 0) is 10.2 Å². The van der Waals surface area contributed by atoms with Crippen LogP contribution >= 0.6 is 0 Å². The Morgan fingerprint density at radius 3 is 2.21 bits per heavy atom. The fourth-order valence-electron chi connectivity index (χ4n) is 6.18. The Hall–Kier alpha value is -4.00. The SMILES string of the molecule is Cc1cccc(F)c1C(=O)N1CCC[C@H](C(=O)Nc2cccc(C(C)(C)C)c2)C1c1ccc(C(=O)N2CCCC2)cc1. The number of carbonyl (C=O) groups excluding carboxylic acids is 3. The zero-order chi connectivity index (χ0) is 30.0. The van der Waals surface area contributed by atoms with Crippen LogP contribution in [0.25, 0.3) is 0 Å². The highest BCUT2D eigenvalue weighted by Gasteiger charge is 2.40. The Balaban J connectivity index is 1.49. The molecule has 220 valence electrons. The van der Waals surface area contributed by atoms with Crippen molar-refractivity contribution in [2.24, 2.45) is 5.92 Å². The molecule has 5 rings (SSSR count). The third kappa shape index (κ3) is 6.10. The second-order valence-corrected chi connectivity index (χ2v) is 12.6. The average molecular weight is 570 g/mol. The maximum Gasteiger partial charge on any atom is 0.257 e. The van der Waals surface area contributed by atoms with E-state index in [0.717, 1.165) is 37.1 Å². The smallest absolute Gasteiger partial charge is 0.257 e. The third-order valence-electron chi connectivity index (χ3n) is 8.55. The topological polar surface area (TPSA) is 69.7 Å². The number of nitrogens with zero attached hydrogens (tertiary/aromatic N) is 2. The van der Waals surface area contributed by atoms with E-state index in [4.69, 9.17) is 0 Å². The van der Waals surface area contributed by atoms with E-state index in [2.05, 4.69) is 26.1 Å². The number of anilines is 1. The van der Waals surface area contributed by atoms with Crippen LogP contribution in [-0.4, -0.2) is 47.2 Å². The van der Waals surface area contributed by atoms with E-state index in [1.165, 1.54) is 6.07 Å². The molecule has 0 spiro atoms. The van der Waals surface area contributed by atoms with E-state index in [0.29, 0.717) is 36.2 Å². The summed E-state index contributed by atoms with van der Waals surface area (Å²) in [6.45, 7) is 10.00. The molecule has 7 heteroatoms. The van der Waals surface area contributed by atoms with Gasteiger partial charge in [-0.15, -0.1) is 0 Å². The van der Waals surface area contributed by atoms with Crippen molar-refractivity contribution in [3.05, 3.63) is 100 Å². The Kier molecular flexibility index (Phi) is 8.48. The summed E-state index contributed by atoms with van der Waals surface area (Å²) < 4.78 is 15.0. The molecule has 2 aliphatic heterocycles. The number of rotatable bonds is 5. The fourth-order valence-corrected chi connectivity index (χ4v) is 6.18. The van der Waals surface area contributed by atoms with Crippen LogP contribution < -0.4 is 5.32 Å². The molecule has 2 heterocycles. The molecule has 2 fully saturated rings. The summed E-state index contributed by atoms with van der Waals surface area (Å²) in [6.07, 6.45) is 3.20. The van der Waals surface area contributed by atoms with Gasteiger partial charge in [0.15, 0.2) is 0 Å². The highest BCUT2D eigenvalue weighted by atomic mass is 19.1. The highest BCUT2D eigenvalue weighted by molar-refractivity contribution is 5.98. The van der Waals surface area contributed by atoms with Crippen LogP contribution in [0.1, 0.15) is 89.9 Å². The third-order valence-corrected chi connectivity index (χ3v) is 8.55. The molecule has 2 saturated heterocycles. The molecular weight excluding hydrogens is 529 g/mol. The minimum atomic E-state index is -0.619. The lowest BCUT2D eigenvalue weighted by Crippen LogP contribution is -2.46. The molecule has 3 aromatic carbocycles. The predicted molar refractivity (Wildman–Crippen MR) is 163 cm³/mol. The Bertz CT molecular complexity index is 1450. The minimum absolute atomic E-state index is 0.00867. The van der Waals surface area contributed by atoms with Crippen LogP contribution in [0, 0.1) is 18.7 Å². The summed E-state index contributed by atoms with van der Waals surface area (Å²) in [5.74, 6) is -1.76. The molecule has 3 aromatic rings. The molecule has 0 aliphatic carbocycles. The van der Waals surface area contributed by atoms with Crippen molar-refractivity contribution in [2.45, 2.75) is 64.8 Å². The Morgan fingerprint density at radius 1 is 0.857 bits per heavy atom. The number of piperidine rings is 1. The van der Waals surface area contributed by atoms with Gasteiger partial charge in [0.25, 0.3) is 11.8 Å². The van der Waals surface area contributed by atoms with Crippen molar-refractivity contribution in [1.82, 2.24) is 9.80 Å². The number of nitrogens with one attached hydrogen (secondary N) is 1. The lowest BCUT2D eigenvalue weighted by atomic mass is 9.82. The maximum atomic E-state index is 15.0. The number of halogens is 1. The molecule has 42 heavy (non-hydrogen) atoms. The van der Waals surface area contributed by atoms with Crippen LogP contribution in [0.3, 0.4) is 0 Å². The van der Waals surface area contributed by atoms with Gasteiger partial charge in [-0.05, 0) is 85.0 Å². The molecule has 1 unspecified atom stereocenters. The molecule has 1 N–H and O–H groups in total. The lowest BCUT2D eigenvalue weighted by molar-refractivity contribution is -0.123. The van der Waals surface area contributed by atoms with Gasteiger partial charge in [0.2, 0.25) is 5.91 Å². The van der Waals surface area contributed by atoms with Gasteiger partial charge in [-0.2, -0.15) is 0 Å². The summed E-state index contributed by atoms with van der Waals surface area (Å²) in [5.41, 5.74) is 3.64. The first kappa shape index (κ1) is 29.5. The summed E-state index contributed by atoms with van der Waals surface area (Å²) in [7, 11) is 0. The Morgan fingerprint density at radius 2 is 1.55 bits per heavy atom. The van der Waals surface area contributed by atoms with Crippen LogP contribution in [0.4, 0.5) is 10.1 Å². The number of carbonyl (C=O) groups is 3. The number of aryl methyl sites for hydroxylation is 1. The van der Waals surface area contributed by atoms with Crippen molar-refractivity contribution >= 4 is 23.4 Å². The van der Waals surface area contributed by atoms with Gasteiger partial charge in [-0.3, -0.25) is 14.4 Å². The summed E-state index contributed by atoms with van der Waals surface area (Å²) in [4.78, 5) is 44.4. The van der Waals surface area contributed by atoms with Crippen molar-refractivity contribution in [3.63, 3.8) is 0 Å². The molecule has 0 saturated carbocycles. The first-order valence-electron chi connectivity index (χ1n) is 14.9. The molecule has 0 radical (unpaired) electrons. The zero-order valence-corrected chi connectivity index (χ0v) is 25.0. The lowest BCUT2D eigenvalue weighted by Gasteiger charge is -2.41. The quantitative estimate of drug-likeness (QED) is 0.363. The summed E-state index contributed by atoms with van der Waals surface area (Å²) in [6, 6.07) is 19.1. The molecule has 3 amide bonds. The molecule has 0 bridgehead atoms. The van der Waals surface area contributed by atoms with Crippen molar-refractivity contribution in [3.8, 4) is 0 Å². The molecular formula is C35H40FN3O3. The predicted octanol–water partition coefficient (Wildman–Crippen LogP) is 6.90. The maximum absolute atomic E-state index is 15.0. The second kappa shape index (κ2) is 12.1. The van der Waals surface area contributed by atoms with Gasteiger partial charge >= 0.3 is 0 Å². The number of likely N-dealkylation sites (tertiary alicyclic amines) is 2. The average Bonchev–Trinajstić information content (AvgIpc) is 3.51. The van der Waals surface area contributed by atoms with Gasteiger partial charge in [0.05, 0.1) is 17.5 Å². The Labute approximate surface area is 247 Å². The van der Waals surface area contributed by atoms with Crippen LogP contribution in [0.15, 0.2) is 66.7 Å². The summed E-state index contributed by atoms with van der Waals surface area (Å²) in [5, 5.41) is 3.10. The summed E-state index contributed by atoms with van der Waals surface area (Å²) >= 11 is 0. The van der Waals surface area contributed by atoms with Crippen LogP contribution in [0.5, 0.6) is 0 Å². The zero-order valence-electron chi connectivity index (χ0n) is 25.0. The van der Waals surface area contributed by atoms with Gasteiger partial charge in [-0.25, -0.2) is 4.39 Å². The fraction of sp³-hybridized carbons (Fsp3) is 0.400. The second-order valence-electron chi connectivity index (χ2n) is 12.6. The molecule has 0 aromatic heterocycles. The molecule has 2 atom stereocenters. The van der Waals surface area contributed by atoms with Crippen LogP contribution in [0.2, 0.25) is 0 Å². The number of hydrogen-bond acceptors (Lipinski definition) is 3. The number of benzene rings is 3. The van der Waals surface area contributed by atoms with E-state index in [-0.39, 0.29) is 22.8 Å². The van der Waals surface area contributed by atoms with E-state index in [9.17, 15) is 18.8 Å². The van der Waals surface area contributed by atoms with Crippen molar-refractivity contribution in [1.29, 1.82) is 0 Å². The first-order valence-corrected chi connectivity index (χ1v) is 14.9. The standard InChI is InChI=1S/C35H40FN3O3/c1-23-10-7-14-29(36)30(23)34(42)39-21-9-13-28(32(40)37-27-12-8-11-26(22-27)35(2,3)4)31(39)24-15-17-25(18-16-24)33(41)38-19-5-6-20-38/h7-8,10-12,14-18,22,28,31H,5-6,9,13,19-21H2,1-4H3,(H,37,40)/t28-,31?/m0/s1. The minimum Gasteiger partial charge on any atom is -0.339 e.